The predicted molar refractivity (Wildman–Crippen MR) is 101 cm³/mol. The molecule has 3 nitrogen and oxygen atoms in total. The molecule has 0 unspecified atom stereocenters. The first-order valence-electron chi connectivity index (χ1n) is 7.71. The molecule has 1 aromatic heterocycles. The molecule has 0 bridgehead atoms. The van der Waals surface area contributed by atoms with E-state index in [9.17, 15) is 10.1 Å². The molecule has 2 aromatic carbocycles. The molecule has 0 aliphatic rings. The summed E-state index contributed by atoms with van der Waals surface area (Å²) in [5.74, 6) is -0.420. The minimum atomic E-state index is -0.420. The van der Waals surface area contributed by atoms with Gasteiger partial charge in [0.2, 0.25) is 0 Å². The summed E-state index contributed by atoms with van der Waals surface area (Å²) in [5.41, 5.74) is 2.74. The molecule has 0 saturated heterocycles. The Balaban J connectivity index is 2.27. The number of thiophene rings is 1. The summed E-state index contributed by atoms with van der Waals surface area (Å²) in [6, 6.07) is 18.9. The zero-order valence-corrected chi connectivity index (χ0v) is 15.0. The average Bonchev–Trinajstić information content (AvgIpc) is 3.03. The van der Waals surface area contributed by atoms with Crippen LogP contribution in [0.5, 0.6) is 0 Å². The lowest BCUT2D eigenvalue weighted by Crippen LogP contribution is -2.04. The molecule has 1 heterocycles. The van der Waals surface area contributed by atoms with Gasteiger partial charge in [0.1, 0.15) is 10.9 Å². The van der Waals surface area contributed by atoms with Crippen LogP contribution in [0.25, 0.3) is 21.6 Å². The van der Waals surface area contributed by atoms with Gasteiger partial charge in [-0.2, -0.15) is 5.26 Å². The van der Waals surface area contributed by atoms with Gasteiger partial charge >= 0.3 is 5.97 Å². The highest BCUT2D eigenvalue weighted by Crippen LogP contribution is 2.42. The largest absolute Gasteiger partial charge is 0.462 e. The number of nitriles is 1. The number of carbonyl (C=O) groups is 1. The summed E-state index contributed by atoms with van der Waals surface area (Å²) in [7, 11) is 0. The summed E-state index contributed by atoms with van der Waals surface area (Å²) >= 11 is 7.25. The van der Waals surface area contributed by atoms with Crippen molar-refractivity contribution in [3.05, 3.63) is 70.1 Å². The molecular weight excluding hydrogens is 354 g/mol. The molecule has 0 saturated carbocycles. The van der Waals surface area contributed by atoms with Gasteiger partial charge in [0, 0.05) is 10.6 Å². The maximum absolute atomic E-state index is 12.5. The van der Waals surface area contributed by atoms with Crippen molar-refractivity contribution in [3.63, 3.8) is 0 Å². The van der Waals surface area contributed by atoms with Crippen LogP contribution in [0, 0.1) is 11.3 Å². The normalized spacial score (nSPS) is 10.3. The van der Waals surface area contributed by atoms with E-state index in [1.165, 1.54) is 11.3 Å². The van der Waals surface area contributed by atoms with Crippen LogP contribution in [0.15, 0.2) is 54.6 Å². The SMILES string of the molecule is CCOC(=O)c1sc(-c2ccccc2)c(C#N)c1-c1ccc(Cl)cc1. The van der Waals surface area contributed by atoms with Gasteiger partial charge in [0.05, 0.1) is 17.0 Å². The number of esters is 1. The van der Waals surface area contributed by atoms with Crippen LogP contribution in [0.2, 0.25) is 5.02 Å². The Morgan fingerprint density at radius 1 is 1.12 bits per heavy atom. The van der Waals surface area contributed by atoms with E-state index in [2.05, 4.69) is 6.07 Å². The molecule has 0 fully saturated rings. The van der Waals surface area contributed by atoms with Crippen molar-refractivity contribution in [1.82, 2.24) is 0 Å². The van der Waals surface area contributed by atoms with E-state index >= 15 is 0 Å². The van der Waals surface area contributed by atoms with Crippen molar-refractivity contribution < 1.29 is 9.53 Å². The Bertz CT molecular complexity index is 940. The van der Waals surface area contributed by atoms with E-state index < -0.39 is 5.97 Å². The van der Waals surface area contributed by atoms with Gasteiger partial charge in [0.25, 0.3) is 0 Å². The number of rotatable bonds is 4. The van der Waals surface area contributed by atoms with E-state index in [1.807, 2.05) is 42.5 Å². The lowest BCUT2D eigenvalue weighted by molar-refractivity contribution is 0.0533. The van der Waals surface area contributed by atoms with E-state index in [0.29, 0.717) is 21.0 Å². The number of nitrogens with zero attached hydrogens (tertiary/aromatic N) is 1. The number of ether oxygens (including phenoxy) is 1. The Hall–Kier alpha value is -2.61. The number of halogens is 1. The van der Waals surface area contributed by atoms with Crippen molar-refractivity contribution >= 4 is 28.9 Å². The molecule has 124 valence electrons. The summed E-state index contributed by atoms with van der Waals surface area (Å²) < 4.78 is 5.20. The van der Waals surface area contributed by atoms with Crippen LogP contribution in [-0.2, 0) is 4.74 Å². The summed E-state index contributed by atoms with van der Waals surface area (Å²) in [6.07, 6.45) is 0. The number of carbonyl (C=O) groups excluding carboxylic acids is 1. The summed E-state index contributed by atoms with van der Waals surface area (Å²) in [6.45, 7) is 2.04. The molecule has 0 aliphatic heterocycles. The van der Waals surface area contributed by atoms with E-state index in [-0.39, 0.29) is 6.61 Å². The van der Waals surface area contributed by atoms with Gasteiger partial charge in [-0.25, -0.2) is 4.79 Å². The van der Waals surface area contributed by atoms with Gasteiger partial charge in [0.15, 0.2) is 0 Å². The van der Waals surface area contributed by atoms with Crippen molar-refractivity contribution in [2.24, 2.45) is 0 Å². The molecule has 3 rings (SSSR count). The standard InChI is InChI=1S/C20H14ClNO2S/c1-2-24-20(23)19-17(13-8-10-15(21)11-9-13)16(12-22)18(25-19)14-6-4-3-5-7-14/h3-11H,2H2,1H3. The Morgan fingerprint density at radius 3 is 2.40 bits per heavy atom. The minimum Gasteiger partial charge on any atom is -0.462 e. The van der Waals surface area contributed by atoms with E-state index in [0.717, 1.165) is 16.0 Å². The summed E-state index contributed by atoms with van der Waals surface area (Å²) in [5, 5.41) is 10.4. The molecule has 0 amide bonds. The van der Waals surface area contributed by atoms with Gasteiger partial charge in [-0.1, -0.05) is 54.1 Å². The first kappa shape index (κ1) is 17.2. The maximum Gasteiger partial charge on any atom is 0.349 e. The van der Waals surface area contributed by atoms with Crippen LogP contribution in [0.3, 0.4) is 0 Å². The molecule has 25 heavy (non-hydrogen) atoms. The number of hydrogen-bond donors (Lipinski definition) is 0. The van der Waals surface area contributed by atoms with E-state index in [1.54, 1.807) is 19.1 Å². The summed E-state index contributed by atoms with van der Waals surface area (Å²) in [4.78, 5) is 13.7. The second-order valence-corrected chi connectivity index (χ2v) is 6.67. The monoisotopic (exact) mass is 367 g/mol. The first-order valence-corrected chi connectivity index (χ1v) is 8.90. The van der Waals surface area contributed by atoms with Gasteiger partial charge in [-0.05, 0) is 30.2 Å². The smallest absolute Gasteiger partial charge is 0.349 e. The third kappa shape index (κ3) is 3.43. The van der Waals surface area contributed by atoms with Crippen LogP contribution in [0.4, 0.5) is 0 Å². The van der Waals surface area contributed by atoms with E-state index in [4.69, 9.17) is 16.3 Å². The molecule has 0 radical (unpaired) electrons. The zero-order valence-electron chi connectivity index (χ0n) is 13.5. The van der Waals surface area contributed by atoms with Crippen LogP contribution < -0.4 is 0 Å². The molecule has 0 aliphatic carbocycles. The predicted octanol–water partition coefficient (Wildman–Crippen LogP) is 5.78. The third-order valence-electron chi connectivity index (χ3n) is 3.65. The average molecular weight is 368 g/mol. The second kappa shape index (κ2) is 7.52. The van der Waals surface area contributed by atoms with Crippen LogP contribution >= 0.6 is 22.9 Å². The number of hydrogen-bond acceptors (Lipinski definition) is 4. The van der Waals surface area contributed by atoms with Crippen molar-refractivity contribution in [2.75, 3.05) is 6.61 Å². The van der Waals surface area contributed by atoms with Gasteiger partial charge in [-0.3, -0.25) is 0 Å². The third-order valence-corrected chi connectivity index (χ3v) is 5.12. The Kier molecular flexibility index (Phi) is 5.18. The highest BCUT2D eigenvalue weighted by Gasteiger charge is 2.25. The zero-order chi connectivity index (χ0) is 17.8. The van der Waals surface area contributed by atoms with Gasteiger partial charge in [-0.15, -0.1) is 11.3 Å². The number of benzene rings is 2. The fraction of sp³-hybridized carbons (Fsp3) is 0.100. The van der Waals surface area contributed by atoms with Crippen molar-refractivity contribution in [3.8, 4) is 27.6 Å². The molecular formula is C20H14ClNO2S. The Morgan fingerprint density at radius 2 is 1.80 bits per heavy atom. The molecule has 0 N–H and O–H groups in total. The fourth-order valence-corrected chi connectivity index (χ4v) is 3.86. The minimum absolute atomic E-state index is 0.277. The molecule has 0 spiro atoms. The van der Waals surface area contributed by atoms with Crippen molar-refractivity contribution in [2.45, 2.75) is 6.92 Å². The fourth-order valence-electron chi connectivity index (χ4n) is 2.56. The highest BCUT2D eigenvalue weighted by atomic mass is 35.5. The molecule has 0 atom stereocenters. The van der Waals surface area contributed by atoms with Gasteiger partial charge < -0.3 is 4.74 Å². The molecule has 3 aromatic rings. The van der Waals surface area contributed by atoms with Crippen LogP contribution in [0.1, 0.15) is 22.2 Å². The maximum atomic E-state index is 12.5. The lowest BCUT2D eigenvalue weighted by atomic mass is 9.98. The molecule has 5 heteroatoms. The first-order chi connectivity index (χ1) is 12.2. The van der Waals surface area contributed by atoms with Crippen LogP contribution in [-0.4, -0.2) is 12.6 Å². The second-order valence-electron chi connectivity index (χ2n) is 5.22. The topological polar surface area (TPSA) is 50.1 Å². The quantitative estimate of drug-likeness (QED) is 0.549. The van der Waals surface area contributed by atoms with Crippen molar-refractivity contribution in [1.29, 1.82) is 5.26 Å². The highest BCUT2D eigenvalue weighted by molar-refractivity contribution is 7.18. The Labute approximate surface area is 155 Å². The lowest BCUT2D eigenvalue weighted by Gasteiger charge is -2.05.